The SMILES string of the molecule is CC(CC(=O)NCC(c1ccco1)N1CCCCC1)n1ccnc1. The maximum absolute atomic E-state index is 12.3. The van der Waals surface area contributed by atoms with Crippen molar-refractivity contribution in [2.75, 3.05) is 19.6 Å². The predicted octanol–water partition coefficient (Wildman–Crippen LogP) is 2.77. The van der Waals surface area contributed by atoms with Crippen LogP contribution in [0.3, 0.4) is 0 Å². The van der Waals surface area contributed by atoms with Crippen LogP contribution in [0.4, 0.5) is 0 Å². The summed E-state index contributed by atoms with van der Waals surface area (Å²) in [4.78, 5) is 18.8. The van der Waals surface area contributed by atoms with Crippen molar-refractivity contribution >= 4 is 5.91 Å². The van der Waals surface area contributed by atoms with Crippen molar-refractivity contribution in [2.45, 2.75) is 44.7 Å². The first-order valence-corrected chi connectivity index (χ1v) is 8.75. The van der Waals surface area contributed by atoms with Gasteiger partial charge in [-0.1, -0.05) is 6.42 Å². The highest BCUT2D eigenvalue weighted by Gasteiger charge is 2.25. The smallest absolute Gasteiger partial charge is 0.222 e. The molecule has 0 aliphatic carbocycles. The van der Waals surface area contributed by atoms with Gasteiger partial charge in [-0.2, -0.15) is 0 Å². The van der Waals surface area contributed by atoms with Crippen LogP contribution >= 0.6 is 0 Å². The molecule has 6 heteroatoms. The minimum absolute atomic E-state index is 0.0600. The van der Waals surface area contributed by atoms with Crippen molar-refractivity contribution in [3.63, 3.8) is 0 Å². The van der Waals surface area contributed by atoms with Gasteiger partial charge in [-0.25, -0.2) is 4.98 Å². The first kappa shape index (κ1) is 16.8. The number of likely N-dealkylation sites (tertiary alicyclic amines) is 1. The van der Waals surface area contributed by atoms with Crippen molar-refractivity contribution in [3.05, 3.63) is 42.9 Å². The monoisotopic (exact) mass is 330 g/mol. The van der Waals surface area contributed by atoms with E-state index in [0.29, 0.717) is 13.0 Å². The van der Waals surface area contributed by atoms with Crippen LogP contribution in [-0.4, -0.2) is 40.0 Å². The Morgan fingerprint density at radius 2 is 2.21 bits per heavy atom. The summed E-state index contributed by atoms with van der Waals surface area (Å²) in [5, 5.41) is 3.09. The molecule has 2 unspecified atom stereocenters. The van der Waals surface area contributed by atoms with Gasteiger partial charge in [0.2, 0.25) is 5.91 Å². The van der Waals surface area contributed by atoms with E-state index in [1.807, 2.05) is 29.8 Å². The molecule has 0 saturated carbocycles. The molecule has 2 aromatic rings. The van der Waals surface area contributed by atoms with Crippen LogP contribution in [0.5, 0.6) is 0 Å². The number of rotatable bonds is 7. The summed E-state index contributed by atoms with van der Waals surface area (Å²) in [6.45, 7) is 4.73. The molecule has 2 aromatic heterocycles. The third-order valence-electron chi connectivity index (χ3n) is 4.71. The van der Waals surface area contributed by atoms with Gasteiger partial charge in [0, 0.05) is 31.4 Å². The number of hydrogen-bond donors (Lipinski definition) is 1. The summed E-state index contributed by atoms with van der Waals surface area (Å²) in [6.07, 6.45) is 11.2. The van der Waals surface area contributed by atoms with E-state index in [2.05, 4.69) is 15.2 Å². The van der Waals surface area contributed by atoms with Crippen LogP contribution in [0.25, 0.3) is 0 Å². The van der Waals surface area contributed by atoms with E-state index in [9.17, 15) is 4.79 Å². The van der Waals surface area contributed by atoms with Crippen molar-refractivity contribution in [3.8, 4) is 0 Å². The fourth-order valence-corrected chi connectivity index (χ4v) is 3.31. The average molecular weight is 330 g/mol. The zero-order chi connectivity index (χ0) is 16.8. The summed E-state index contributed by atoms with van der Waals surface area (Å²) >= 11 is 0. The molecule has 0 radical (unpaired) electrons. The molecule has 24 heavy (non-hydrogen) atoms. The molecule has 2 atom stereocenters. The lowest BCUT2D eigenvalue weighted by Crippen LogP contribution is -2.40. The van der Waals surface area contributed by atoms with Gasteiger partial charge in [-0.15, -0.1) is 0 Å². The Labute approximate surface area is 142 Å². The van der Waals surface area contributed by atoms with Gasteiger partial charge in [0.1, 0.15) is 5.76 Å². The largest absolute Gasteiger partial charge is 0.468 e. The van der Waals surface area contributed by atoms with Crippen molar-refractivity contribution in [2.24, 2.45) is 0 Å². The molecule has 1 aliphatic heterocycles. The van der Waals surface area contributed by atoms with Crippen LogP contribution in [0.2, 0.25) is 0 Å². The van der Waals surface area contributed by atoms with E-state index in [4.69, 9.17) is 4.42 Å². The zero-order valence-corrected chi connectivity index (χ0v) is 14.2. The Balaban J connectivity index is 1.55. The molecule has 1 amide bonds. The molecule has 0 bridgehead atoms. The Bertz CT molecular complexity index is 603. The Morgan fingerprint density at radius 1 is 1.38 bits per heavy atom. The highest BCUT2D eigenvalue weighted by molar-refractivity contribution is 5.76. The van der Waals surface area contributed by atoms with Crippen LogP contribution in [0, 0.1) is 0 Å². The third kappa shape index (κ3) is 4.26. The quantitative estimate of drug-likeness (QED) is 0.848. The first-order chi connectivity index (χ1) is 11.7. The average Bonchev–Trinajstić information content (AvgIpc) is 3.30. The van der Waals surface area contributed by atoms with E-state index in [1.54, 1.807) is 18.8 Å². The molecular weight excluding hydrogens is 304 g/mol. The number of nitrogens with zero attached hydrogens (tertiary/aromatic N) is 3. The fourth-order valence-electron chi connectivity index (χ4n) is 3.31. The summed E-state index contributed by atoms with van der Waals surface area (Å²) in [6, 6.07) is 4.13. The fraction of sp³-hybridized carbons (Fsp3) is 0.556. The lowest BCUT2D eigenvalue weighted by molar-refractivity contribution is -0.122. The van der Waals surface area contributed by atoms with Gasteiger partial charge in [-0.05, 0) is 45.0 Å². The van der Waals surface area contributed by atoms with Gasteiger partial charge in [-0.3, -0.25) is 9.69 Å². The number of carbonyl (C=O) groups is 1. The number of furan rings is 1. The number of carbonyl (C=O) groups excluding carboxylic acids is 1. The maximum atomic E-state index is 12.3. The molecule has 1 aliphatic rings. The predicted molar refractivity (Wildman–Crippen MR) is 91.4 cm³/mol. The number of imidazole rings is 1. The third-order valence-corrected chi connectivity index (χ3v) is 4.71. The number of aromatic nitrogens is 2. The number of piperidine rings is 1. The van der Waals surface area contributed by atoms with E-state index in [1.165, 1.54) is 19.3 Å². The molecular formula is C18H26N4O2. The molecule has 3 heterocycles. The van der Waals surface area contributed by atoms with Crippen LogP contribution in [0.15, 0.2) is 41.5 Å². The highest BCUT2D eigenvalue weighted by atomic mass is 16.3. The normalized spacial score (nSPS) is 18.2. The minimum atomic E-state index is 0.0600. The summed E-state index contributed by atoms with van der Waals surface area (Å²) in [5.74, 6) is 0.990. The van der Waals surface area contributed by atoms with Crippen molar-refractivity contribution in [1.82, 2.24) is 19.8 Å². The Hall–Kier alpha value is -2.08. The lowest BCUT2D eigenvalue weighted by atomic mass is 10.1. The Morgan fingerprint density at radius 3 is 2.88 bits per heavy atom. The molecule has 1 saturated heterocycles. The van der Waals surface area contributed by atoms with Crippen LogP contribution in [0.1, 0.15) is 50.5 Å². The molecule has 0 spiro atoms. The van der Waals surface area contributed by atoms with Gasteiger partial charge in [0.05, 0.1) is 18.6 Å². The van der Waals surface area contributed by atoms with E-state index in [-0.39, 0.29) is 18.0 Å². The molecule has 3 rings (SSSR count). The standard InChI is InChI=1S/C18H26N4O2/c1-15(22-10-7-19-14-22)12-18(23)20-13-16(17-6-5-11-24-17)21-8-3-2-4-9-21/h5-7,10-11,14-16H,2-4,8-9,12-13H2,1H3,(H,20,23). The van der Waals surface area contributed by atoms with E-state index >= 15 is 0 Å². The van der Waals surface area contributed by atoms with Gasteiger partial charge < -0.3 is 14.3 Å². The van der Waals surface area contributed by atoms with Crippen LogP contribution in [-0.2, 0) is 4.79 Å². The summed E-state index contributed by atoms with van der Waals surface area (Å²) in [7, 11) is 0. The van der Waals surface area contributed by atoms with Gasteiger partial charge in [0.15, 0.2) is 0 Å². The first-order valence-electron chi connectivity index (χ1n) is 8.75. The molecule has 1 fully saturated rings. The maximum Gasteiger partial charge on any atom is 0.222 e. The second kappa shape index (κ2) is 8.15. The zero-order valence-electron chi connectivity index (χ0n) is 14.2. The topological polar surface area (TPSA) is 63.3 Å². The van der Waals surface area contributed by atoms with Crippen molar-refractivity contribution < 1.29 is 9.21 Å². The number of nitrogens with one attached hydrogen (secondary N) is 1. The number of hydrogen-bond acceptors (Lipinski definition) is 4. The molecule has 0 aromatic carbocycles. The second-order valence-electron chi connectivity index (χ2n) is 6.49. The summed E-state index contributed by atoms with van der Waals surface area (Å²) < 4.78 is 7.57. The van der Waals surface area contributed by atoms with Crippen molar-refractivity contribution in [1.29, 1.82) is 0 Å². The molecule has 130 valence electrons. The highest BCUT2D eigenvalue weighted by Crippen LogP contribution is 2.24. The Kier molecular flexibility index (Phi) is 5.69. The van der Waals surface area contributed by atoms with E-state index < -0.39 is 0 Å². The number of amides is 1. The van der Waals surface area contributed by atoms with Gasteiger partial charge >= 0.3 is 0 Å². The lowest BCUT2D eigenvalue weighted by Gasteiger charge is -2.33. The molecule has 6 nitrogen and oxygen atoms in total. The second-order valence-corrected chi connectivity index (χ2v) is 6.49. The van der Waals surface area contributed by atoms with Crippen LogP contribution < -0.4 is 5.32 Å². The molecule has 1 N–H and O–H groups in total. The van der Waals surface area contributed by atoms with E-state index in [0.717, 1.165) is 18.8 Å². The summed E-state index contributed by atoms with van der Waals surface area (Å²) in [5.41, 5.74) is 0. The minimum Gasteiger partial charge on any atom is -0.468 e. The van der Waals surface area contributed by atoms with Gasteiger partial charge in [0.25, 0.3) is 0 Å².